The molecule has 0 aliphatic heterocycles. The zero-order valence-electron chi connectivity index (χ0n) is 13.2. The highest BCUT2D eigenvalue weighted by molar-refractivity contribution is 7.85. The van der Waals surface area contributed by atoms with Gasteiger partial charge in [-0.2, -0.15) is 0 Å². The minimum Gasteiger partial charge on any atom is -0.322 e. The summed E-state index contributed by atoms with van der Waals surface area (Å²) in [6.45, 7) is 15.8. The van der Waals surface area contributed by atoms with Crippen LogP contribution in [0.3, 0.4) is 0 Å². The molecule has 0 bridgehead atoms. The molecule has 5 heteroatoms. The number of hydrogen-bond donors (Lipinski definition) is 1. The third-order valence-electron chi connectivity index (χ3n) is 3.85. The molecule has 0 saturated heterocycles. The minimum atomic E-state index is -2.39. The number of nitrogens with one attached hydrogen (secondary N) is 1. The van der Waals surface area contributed by atoms with Crippen molar-refractivity contribution in [1.82, 2.24) is 4.72 Å². The molecule has 0 aromatic rings. The van der Waals surface area contributed by atoms with Gasteiger partial charge in [0.05, 0.1) is 21.0 Å². The Labute approximate surface area is 115 Å². The molecule has 0 aliphatic carbocycles. The summed E-state index contributed by atoms with van der Waals surface area (Å²) in [5.41, 5.74) is 0. The van der Waals surface area contributed by atoms with Crippen LogP contribution in [-0.2, 0) is 15.6 Å². The summed E-state index contributed by atoms with van der Waals surface area (Å²) in [4.78, 5) is 0. The molecule has 0 aromatic heterocycles. The quantitative estimate of drug-likeness (QED) is 0.757. The molecule has 2 atom stereocenters. The van der Waals surface area contributed by atoms with Gasteiger partial charge in [0.25, 0.3) is 0 Å². The van der Waals surface area contributed by atoms with Crippen molar-refractivity contribution < 1.29 is 8.77 Å². The molecule has 110 valence electrons. The Balaban J connectivity index is 5.44. The van der Waals surface area contributed by atoms with Gasteiger partial charge >= 0.3 is 0 Å². The van der Waals surface area contributed by atoms with E-state index in [0.29, 0.717) is 12.3 Å². The van der Waals surface area contributed by atoms with Gasteiger partial charge in [0.1, 0.15) is 7.14 Å². The van der Waals surface area contributed by atoms with Gasteiger partial charge in [-0.15, -0.1) is 0 Å². The average molecular weight is 295 g/mol. The van der Waals surface area contributed by atoms with Gasteiger partial charge in [0.2, 0.25) is 0 Å². The zero-order valence-corrected chi connectivity index (χ0v) is 14.9. The van der Waals surface area contributed by atoms with E-state index < -0.39 is 23.4 Å². The van der Waals surface area contributed by atoms with Gasteiger partial charge in [0, 0.05) is 0 Å². The lowest BCUT2D eigenvalue weighted by Gasteiger charge is -2.42. The van der Waals surface area contributed by atoms with Crippen molar-refractivity contribution in [1.29, 1.82) is 0 Å². The molecule has 0 amide bonds. The third-order valence-corrected chi connectivity index (χ3v) is 10.1. The fourth-order valence-electron chi connectivity index (χ4n) is 1.89. The van der Waals surface area contributed by atoms with Crippen LogP contribution in [0.25, 0.3) is 0 Å². The molecule has 0 unspecified atom stereocenters. The van der Waals surface area contributed by atoms with Crippen molar-refractivity contribution in [2.24, 2.45) is 5.92 Å². The molecular formula is C13H30NO2PS. The summed E-state index contributed by atoms with van der Waals surface area (Å²) in [6.07, 6.45) is 1.29. The second kappa shape index (κ2) is 6.19. The molecule has 0 heterocycles. The molecule has 0 spiro atoms. The van der Waals surface area contributed by atoms with Crippen LogP contribution in [0.15, 0.2) is 0 Å². The molecule has 3 nitrogen and oxygen atoms in total. The largest absolute Gasteiger partial charge is 0.322 e. The first-order valence-electron chi connectivity index (χ1n) is 6.72. The van der Waals surface area contributed by atoms with E-state index in [2.05, 4.69) is 4.72 Å². The minimum absolute atomic E-state index is 0.175. The van der Waals surface area contributed by atoms with E-state index >= 15 is 0 Å². The van der Waals surface area contributed by atoms with Gasteiger partial charge in [0.15, 0.2) is 0 Å². The highest BCUT2D eigenvalue weighted by atomic mass is 32.2. The smallest absolute Gasteiger partial charge is 0.107 e. The Bertz CT molecular complexity index is 341. The molecule has 0 rings (SSSR count). The molecule has 0 radical (unpaired) electrons. The van der Waals surface area contributed by atoms with Crippen molar-refractivity contribution in [3.8, 4) is 0 Å². The van der Waals surface area contributed by atoms with Crippen LogP contribution in [0.1, 0.15) is 55.4 Å². The second-order valence-corrected chi connectivity index (χ2v) is 12.2. The SMILES string of the molecule is CCP(=O)(CC)[C@@](C)(N[S@@](=O)C(C)(C)C)C(C)C. The van der Waals surface area contributed by atoms with Gasteiger partial charge in [-0.25, -0.2) is 8.93 Å². The first kappa shape index (κ1) is 18.3. The lowest BCUT2D eigenvalue weighted by Crippen LogP contribution is -2.51. The van der Waals surface area contributed by atoms with Crippen molar-refractivity contribution in [2.75, 3.05) is 12.3 Å². The van der Waals surface area contributed by atoms with Gasteiger partial charge in [-0.1, -0.05) is 27.7 Å². The molecule has 0 saturated carbocycles. The van der Waals surface area contributed by atoms with Crippen LogP contribution in [0.4, 0.5) is 0 Å². The zero-order chi connectivity index (χ0) is 14.8. The van der Waals surface area contributed by atoms with Crippen molar-refractivity contribution >= 4 is 18.1 Å². The summed E-state index contributed by atoms with van der Waals surface area (Å²) in [5.74, 6) is 0.175. The third kappa shape index (κ3) is 3.68. The Morgan fingerprint density at radius 2 is 1.50 bits per heavy atom. The second-order valence-electron chi connectivity index (χ2n) is 6.31. The lowest BCUT2D eigenvalue weighted by molar-refractivity contribution is 0.406. The maximum atomic E-state index is 13.1. The Kier molecular flexibility index (Phi) is 6.31. The summed E-state index contributed by atoms with van der Waals surface area (Å²) < 4.78 is 28.3. The topological polar surface area (TPSA) is 46.2 Å². The molecular weight excluding hydrogens is 265 g/mol. The normalized spacial score (nSPS) is 18.7. The van der Waals surface area contributed by atoms with E-state index in [9.17, 15) is 8.77 Å². The monoisotopic (exact) mass is 295 g/mol. The Morgan fingerprint density at radius 1 is 1.11 bits per heavy atom. The van der Waals surface area contributed by atoms with Crippen molar-refractivity contribution in [3.63, 3.8) is 0 Å². The first-order valence-corrected chi connectivity index (χ1v) is 9.95. The van der Waals surface area contributed by atoms with Crippen LogP contribution in [-0.4, -0.2) is 26.6 Å². The number of rotatable bonds is 6. The highest BCUT2D eigenvalue weighted by Gasteiger charge is 2.46. The standard InChI is InChI=1S/C13H30NO2PS/c1-9-17(15,10-2)13(8,11(3)4)14-18(16)12(5,6)7/h11,14H,9-10H2,1-8H3/t13-,18+/m1/s1. The summed E-state index contributed by atoms with van der Waals surface area (Å²) in [7, 11) is -3.59. The maximum Gasteiger partial charge on any atom is 0.107 e. The number of hydrogen-bond acceptors (Lipinski definition) is 2. The first-order chi connectivity index (χ1) is 7.94. The van der Waals surface area contributed by atoms with E-state index in [1.54, 1.807) is 0 Å². The fraction of sp³-hybridized carbons (Fsp3) is 1.00. The van der Waals surface area contributed by atoms with Crippen molar-refractivity contribution in [3.05, 3.63) is 0 Å². The molecule has 1 N–H and O–H groups in total. The average Bonchev–Trinajstić information content (AvgIpc) is 2.25. The predicted octanol–water partition coefficient (Wildman–Crippen LogP) is 3.81. The van der Waals surface area contributed by atoms with Crippen LogP contribution < -0.4 is 4.72 Å². The molecule has 0 fully saturated rings. The highest BCUT2D eigenvalue weighted by Crippen LogP contribution is 2.59. The summed E-state index contributed by atoms with van der Waals surface area (Å²) in [6, 6.07) is 0. The lowest BCUT2D eigenvalue weighted by atomic mass is 10.1. The van der Waals surface area contributed by atoms with E-state index in [0.717, 1.165) is 0 Å². The Morgan fingerprint density at radius 3 is 1.72 bits per heavy atom. The molecule has 18 heavy (non-hydrogen) atoms. The van der Waals surface area contributed by atoms with E-state index in [4.69, 9.17) is 0 Å². The molecule has 0 aromatic carbocycles. The molecule has 0 aliphatic rings. The van der Waals surface area contributed by atoms with Crippen LogP contribution >= 0.6 is 7.14 Å². The summed E-state index contributed by atoms with van der Waals surface area (Å²) >= 11 is 0. The predicted molar refractivity (Wildman–Crippen MR) is 83.0 cm³/mol. The fourth-order valence-corrected chi connectivity index (χ4v) is 6.43. The van der Waals surface area contributed by atoms with Gasteiger partial charge < -0.3 is 4.57 Å². The van der Waals surface area contributed by atoms with E-state index in [-0.39, 0.29) is 10.7 Å². The van der Waals surface area contributed by atoms with Crippen LogP contribution in [0.2, 0.25) is 0 Å². The van der Waals surface area contributed by atoms with Gasteiger partial charge in [-0.3, -0.25) is 0 Å². The maximum absolute atomic E-state index is 13.1. The van der Waals surface area contributed by atoms with Gasteiger partial charge in [-0.05, 0) is 45.9 Å². The van der Waals surface area contributed by atoms with Crippen LogP contribution in [0.5, 0.6) is 0 Å². The van der Waals surface area contributed by atoms with E-state index in [1.807, 2.05) is 55.4 Å². The summed E-state index contributed by atoms with van der Waals surface area (Å²) in [5, 5.41) is -0.561. The Hall–Kier alpha value is 0.340. The van der Waals surface area contributed by atoms with E-state index in [1.165, 1.54) is 0 Å². The van der Waals surface area contributed by atoms with Crippen molar-refractivity contribution in [2.45, 2.75) is 65.4 Å². The van der Waals surface area contributed by atoms with Crippen LogP contribution in [0, 0.1) is 5.92 Å².